The van der Waals surface area contributed by atoms with Crippen molar-refractivity contribution >= 4 is 11.6 Å². The quantitative estimate of drug-likeness (QED) is 0.501. The molecular formula is C13H7ClFN. The van der Waals surface area contributed by atoms with Crippen molar-refractivity contribution < 1.29 is 4.39 Å². The number of halogens is 2. The molecule has 0 saturated heterocycles. The molecule has 0 bridgehead atoms. The van der Waals surface area contributed by atoms with Crippen LogP contribution in [-0.4, -0.2) is 4.98 Å². The van der Waals surface area contributed by atoms with E-state index in [0.717, 1.165) is 5.56 Å². The van der Waals surface area contributed by atoms with Crippen molar-refractivity contribution in [2.24, 2.45) is 0 Å². The first-order chi connectivity index (χ1) is 7.75. The lowest BCUT2D eigenvalue weighted by Gasteiger charge is -1.92. The van der Waals surface area contributed by atoms with Crippen LogP contribution in [0, 0.1) is 17.7 Å². The zero-order valence-corrected chi connectivity index (χ0v) is 9.00. The van der Waals surface area contributed by atoms with Gasteiger partial charge in [-0.2, -0.15) is 0 Å². The minimum absolute atomic E-state index is 0.273. The normalized spacial score (nSPS) is 9.38. The average molecular weight is 232 g/mol. The van der Waals surface area contributed by atoms with E-state index in [2.05, 4.69) is 16.8 Å². The van der Waals surface area contributed by atoms with Gasteiger partial charge >= 0.3 is 0 Å². The number of nitrogens with zero attached hydrogens (tertiary/aromatic N) is 1. The Bertz CT molecular complexity index is 552. The zero-order chi connectivity index (χ0) is 11.4. The minimum Gasteiger partial charge on any atom is -0.243 e. The molecular weight excluding hydrogens is 225 g/mol. The van der Waals surface area contributed by atoms with E-state index in [1.807, 2.05) is 0 Å². The molecule has 0 N–H and O–H groups in total. The molecule has 0 atom stereocenters. The van der Waals surface area contributed by atoms with Gasteiger partial charge in [-0.25, -0.2) is 9.37 Å². The van der Waals surface area contributed by atoms with Crippen LogP contribution < -0.4 is 0 Å². The fourth-order valence-electron chi connectivity index (χ4n) is 1.15. The first kappa shape index (κ1) is 10.7. The number of pyridine rings is 1. The predicted octanol–water partition coefficient (Wildman–Crippen LogP) is 3.27. The van der Waals surface area contributed by atoms with Crippen LogP contribution in [0.5, 0.6) is 0 Å². The van der Waals surface area contributed by atoms with E-state index < -0.39 is 0 Å². The molecule has 0 aliphatic heterocycles. The Hall–Kier alpha value is -1.85. The third kappa shape index (κ3) is 2.59. The summed E-state index contributed by atoms with van der Waals surface area (Å²) in [6, 6.07) is 9.52. The van der Waals surface area contributed by atoms with Crippen molar-refractivity contribution in [2.75, 3.05) is 0 Å². The molecule has 0 aliphatic rings. The van der Waals surface area contributed by atoms with Gasteiger partial charge in [-0.15, -0.1) is 0 Å². The highest BCUT2D eigenvalue weighted by molar-refractivity contribution is 6.30. The van der Waals surface area contributed by atoms with E-state index in [9.17, 15) is 4.39 Å². The van der Waals surface area contributed by atoms with Gasteiger partial charge < -0.3 is 0 Å². The van der Waals surface area contributed by atoms with Crippen LogP contribution in [0.2, 0.25) is 5.15 Å². The van der Waals surface area contributed by atoms with Gasteiger partial charge in [0, 0.05) is 11.8 Å². The van der Waals surface area contributed by atoms with Crippen molar-refractivity contribution in [3.8, 4) is 11.8 Å². The maximum Gasteiger partial charge on any atom is 0.144 e. The van der Waals surface area contributed by atoms with E-state index >= 15 is 0 Å². The second-order valence-corrected chi connectivity index (χ2v) is 3.46. The van der Waals surface area contributed by atoms with Crippen LogP contribution in [0.15, 0.2) is 42.6 Å². The summed E-state index contributed by atoms with van der Waals surface area (Å²) in [4.78, 5) is 3.91. The van der Waals surface area contributed by atoms with Gasteiger partial charge in [0.05, 0.1) is 5.56 Å². The van der Waals surface area contributed by atoms with Gasteiger partial charge in [0.25, 0.3) is 0 Å². The Morgan fingerprint density at radius 3 is 2.50 bits per heavy atom. The third-order valence-electron chi connectivity index (χ3n) is 1.94. The highest BCUT2D eigenvalue weighted by Crippen LogP contribution is 2.10. The summed E-state index contributed by atoms with van der Waals surface area (Å²) in [6.07, 6.45) is 1.60. The van der Waals surface area contributed by atoms with E-state index in [-0.39, 0.29) is 5.82 Å². The average Bonchev–Trinajstić information content (AvgIpc) is 2.30. The molecule has 1 aromatic carbocycles. The Kier molecular flexibility index (Phi) is 3.19. The minimum atomic E-state index is -0.273. The summed E-state index contributed by atoms with van der Waals surface area (Å²) in [5.41, 5.74) is 1.40. The lowest BCUT2D eigenvalue weighted by atomic mass is 10.2. The fraction of sp³-hybridized carbons (Fsp3) is 0. The van der Waals surface area contributed by atoms with E-state index in [0.29, 0.717) is 10.7 Å². The highest BCUT2D eigenvalue weighted by Gasteiger charge is 1.94. The highest BCUT2D eigenvalue weighted by atomic mass is 35.5. The topological polar surface area (TPSA) is 12.9 Å². The largest absolute Gasteiger partial charge is 0.243 e. The second-order valence-electron chi connectivity index (χ2n) is 3.10. The first-order valence-electron chi connectivity index (χ1n) is 4.64. The SMILES string of the molecule is Fc1ccc(C#Cc2cccnc2Cl)cc1. The third-order valence-corrected chi connectivity index (χ3v) is 2.25. The smallest absolute Gasteiger partial charge is 0.144 e. The van der Waals surface area contributed by atoms with Crippen molar-refractivity contribution in [2.45, 2.75) is 0 Å². The maximum atomic E-state index is 12.6. The molecule has 3 heteroatoms. The molecule has 0 aliphatic carbocycles. The summed E-state index contributed by atoms with van der Waals surface area (Å²) in [5.74, 6) is 5.50. The molecule has 0 amide bonds. The zero-order valence-electron chi connectivity index (χ0n) is 8.24. The maximum absolute atomic E-state index is 12.6. The van der Waals surface area contributed by atoms with Crippen molar-refractivity contribution in [1.82, 2.24) is 4.98 Å². The van der Waals surface area contributed by atoms with Crippen molar-refractivity contribution in [3.05, 3.63) is 64.7 Å². The van der Waals surface area contributed by atoms with Crippen LogP contribution in [0.25, 0.3) is 0 Å². The van der Waals surface area contributed by atoms with E-state index in [4.69, 9.17) is 11.6 Å². The number of hydrogen-bond acceptors (Lipinski definition) is 1. The summed E-state index contributed by atoms with van der Waals surface area (Å²) in [6.45, 7) is 0. The number of benzene rings is 1. The molecule has 1 aromatic heterocycles. The van der Waals surface area contributed by atoms with E-state index in [1.54, 1.807) is 30.5 Å². The summed E-state index contributed by atoms with van der Waals surface area (Å²) < 4.78 is 12.6. The molecule has 0 unspecified atom stereocenters. The van der Waals surface area contributed by atoms with Gasteiger partial charge in [-0.3, -0.25) is 0 Å². The molecule has 2 aromatic rings. The predicted molar refractivity (Wildman–Crippen MR) is 61.6 cm³/mol. The molecule has 1 heterocycles. The standard InChI is InChI=1S/C13H7ClFN/c14-13-11(2-1-9-16-13)6-3-10-4-7-12(15)8-5-10/h1-2,4-5,7-9H. The number of hydrogen-bond donors (Lipinski definition) is 0. The molecule has 0 saturated carbocycles. The van der Waals surface area contributed by atoms with Gasteiger partial charge in [0.15, 0.2) is 0 Å². The van der Waals surface area contributed by atoms with Crippen LogP contribution >= 0.6 is 11.6 Å². The summed E-state index contributed by atoms with van der Waals surface area (Å²) in [7, 11) is 0. The van der Waals surface area contributed by atoms with Crippen molar-refractivity contribution in [3.63, 3.8) is 0 Å². The monoisotopic (exact) mass is 231 g/mol. The van der Waals surface area contributed by atoms with Crippen molar-refractivity contribution in [1.29, 1.82) is 0 Å². The Morgan fingerprint density at radius 2 is 1.81 bits per heavy atom. The van der Waals surface area contributed by atoms with Crippen LogP contribution in [0.4, 0.5) is 4.39 Å². The Labute approximate surface area is 97.9 Å². The molecule has 0 radical (unpaired) electrons. The summed E-state index contributed by atoms with van der Waals surface area (Å²) >= 11 is 5.84. The van der Waals surface area contributed by atoms with Gasteiger partial charge in [0.1, 0.15) is 11.0 Å². The van der Waals surface area contributed by atoms with E-state index in [1.165, 1.54) is 12.1 Å². The van der Waals surface area contributed by atoms with Gasteiger partial charge in [-0.05, 0) is 36.4 Å². The lowest BCUT2D eigenvalue weighted by Crippen LogP contribution is -1.81. The first-order valence-corrected chi connectivity index (χ1v) is 5.01. The number of rotatable bonds is 0. The second kappa shape index (κ2) is 4.78. The number of aromatic nitrogens is 1. The Morgan fingerprint density at radius 1 is 1.06 bits per heavy atom. The van der Waals surface area contributed by atoms with Gasteiger partial charge in [0.2, 0.25) is 0 Å². The molecule has 1 nitrogen and oxygen atoms in total. The Balaban J connectivity index is 2.29. The molecule has 0 fully saturated rings. The summed E-state index contributed by atoms with van der Waals surface area (Å²) in [5, 5.41) is 0.372. The van der Waals surface area contributed by atoms with Crippen LogP contribution in [0.3, 0.4) is 0 Å². The fourth-order valence-corrected chi connectivity index (χ4v) is 1.32. The molecule has 0 spiro atoms. The van der Waals surface area contributed by atoms with Crippen LogP contribution in [-0.2, 0) is 0 Å². The van der Waals surface area contributed by atoms with Gasteiger partial charge in [-0.1, -0.05) is 23.4 Å². The lowest BCUT2D eigenvalue weighted by molar-refractivity contribution is 0.627. The molecule has 2 rings (SSSR count). The van der Waals surface area contributed by atoms with Crippen LogP contribution in [0.1, 0.15) is 11.1 Å². The molecule has 78 valence electrons. The molecule has 16 heavy (non-hydrogen) atoms.